The van der Waals surface area contributed by atoms with Gasteiger partial charge >= 0.3 is 5.92 Å². The number of rotatable bonds is 4. The normalized spacial score (nSPS) is 25.9. The molecular formula is C27H28F3N5O3. The van der Waals surface area contributed by atoms with Gasteiger partial charge in [-0.15, -0.1) is 0 Å². The summed E-state index contributed by atoms with van der Waals surface area (Å²) in [5.74, 6) is -3.28. The lowest BCUT2D eigenvalue weighted by atomic mass is 10.0. The number of benzene rings is 1. The zero-order valence-electron chi connectivity index (χ0n) is 20.8. The molecule has 0 spiro atoms. The summed E-state index contributed by atoms with van der Waals surface area (Å²) in [6, 6.07) is 5.73. The highest BCUT2D eigenvalue weighted by Crippen LogP contribution is 2.45. The average Bonchev–Trinajstić information content (AvgIpc) is 3.69. The molecule has 0 amide bonds. The zero-order chi connectivity index (χ0) is 26.2. The minimum Gasteiger partial charge on any atom is -0.480 e. The Hall–Kier alpha value is -3.47. The Morgan fingerprint density at radius 1 is 1.13 bits per heavy atom. The molecule has 38 heavy (non-hydrogen) atoms. The van der Waals surface area contributed by atoms with E-state index in [1.54, 1.807) is 31.3 Å². The monoisotopic (exact) mass is 527 g/mol. The summed E-state index contributed by atoms with van der Waals surface area (Å²) in [5, 5.41) is 6.63. The highest BCUT2D eigenvalue weighted by atomic mass is 19.3. The quantitative estimate of drug-likeness (QED) is 0.521. The Kier molecular flexibility index (Phi) is 5.30. The molecule has 3 aromatic rings. The Labute approximate surface area is 216 Å². The van der Waals surface area contributed by atoms with Crippen LogP contribution in [0.5, 0.6) is 5.75 Å². The van der Waals surface area contributed by atoms with Gasteiger partial charge in [-0.1, -0.05) is 0 Å². The van der Waals surface area contributed by atoms with E-state index < -0.39 is 29.9 Å². The van der Waals surface area contributed by atoms with E-state index in [0.717, 1.165) is 12.8 Å². The Bertz CT molecular complexity index is 1480. The molecule has 3 atom stereocenters. The predicted molar refractivity (Wildman–Crippen MR) is 137 cm³/mol. The molecule has 0 radical (unpaired) electrons. The van der Waals surface area contributed by atoms with Crippen molar-refractivity contribution in [3.05, 3.63) is 46.6 Å². The second kappa shape index (κ2) is 8.52. The van der Waals surface area contributed by atoms with E-state index in [9.17, 15) is 18.0 Å². The van der Waals surface area contributed by atoms with Crippen LogP contribution in [0.3, 0.4) is 0 Å². The first kappa shape index (κ1) is 23.6. The maximum Gasteiger partial charge on any atom is 0.301 e. The van der Waals surface area contributed by atoms with Crippen LogP contribution < -0.4 is 25.8 Å². The molecular weight excluding hydrogens is 499 g/mol. The summed E-state index contributed by atoms with van der Waals surface area (Å²) >= 11 is 0. The Balaban J connectivity index is 1.26. The second-order valence-electron chi connectivity index (χ2n) is 10.8. The molecule has 1 unspecified atom stereocenters. The summed E-state index contributed by atoms with van der Waals surface area (Å²) in [5.41, 5.74) is 1.10. The number of pyridine rings is 2. The predicted octanol–water partition coefficient (Wildman–Crippen LogP) is 4.40. The SMILES string of the molecule is Cn1c(=O)c2c(c3cc(Nc4cc(N5C[C@H]6CC[C@@H](C5)O6)ncc4F)ccc31)NC(C1CC1)C(F)(F)CO2. The van der Waals surface area contributed by atoms with E-state index in [-0.39, 0.29) is 35.3 Å². The first-order valence-electron chi connectivity index (χ1n) is 13.0. The van der Waals surface area contributed by atoms with E-state index >= 15 is 0 Å². The minimum atomic E-state index is -3.12. The number of fused-ring (bicyclic) bond motifs is 5. The van der Waals surface area contributed by atoms with E-state index in [1.807, 2.05) is 0 Å². The van der Waals surface area contributed by atoms with Crippen LogP contribution in [0.15, 0.2) is 35.3 Å². The zero-order valence-corrected chi connectivity index (χ0v) is 20.8. The number of aromatic nitrogens is 2. The van der Waals surface area contributed by atoms with Crippen molar-refractivity contribution in [1.29, 1.82) is 0 Å². The van der Waals surface area contributed by atoms with Crippen LogP contribution in [0.4, 0.5) is 36.1 Å². The third-order valence-electron chi connectivity index (χ3n) is 8.10. The number of halogens is 3. The van der Waals surface area contributed by atoms with Crippen LogP contribution in [0.25, 0.3) is 10.9 Å². The number of ether oxygens (including phenoxy) is 2. The molecule has 2 saturated heterocycles. The molecule has 7 rings (SSSR count). The summed E-state index contributed by atoms with van der Waals surface area (Å²) in [4.78, 5) is 19.4. The topological polar surface area (TPSA) is 80.7 Å². The van der Waals surface area contributed by atoms with Crippen molar-refractivity contribution in [3.8, 4) is 5.75 Å². The molecule has 2 bridgehead atoms. The molecule has 1 aromatic carbocycles. The number of hydrogen-bond acceptors (Lipinski definition) is 7. The van der Waals surface area contributed by atoms with E-state index in [4.69, 9.17) is 9.47 Å². The van der Waals surface area contributed by atoms with Crippen molar-refractivity contribution < 1.29 is 22.6 Å². The maximum atomic E-state index is 14.9. The van der Waals surface area contributed by atoms with Crippen LogP contribution in [-0.4, -0.2) is 53.4 Å². The number of morpholine rings is 1. The van der Waals surface area contributed by atoms with Crippen LogP contribution in [0.2, 0.25) is 0 Å². The Morgan fingerprint density at radius 3 is 2.63 bits per heavy atom. The van der Waals surface area contributed by atoms with Crippen molar-refractivity contribution in [2.45, 2.75) is 49.9 Å². The minimum absolute atomic E-state index is 0.126. The Morgan fingerprint density at radius 2 is 1.89 bits per heavy atom. The van der Waals surface area contributed by atoms with Gasteiger partial charge in [0.2, 0.25) is 5.75 Å². The lowest BCUT2D eigenvalue weighted by Gasteiger charge is -2.33. The first-order chi connectivity index (χ1) is 18.3. The molecule has 1 aliphatic carbocycles. The van der Waals surface area contributed by atoms with Gasteiger partial charge in [0.1, 0.15) is 5.82 Å². The standard InChI is InChI=1S/C27H28F3N5O3/c1-34-21-7-4-15(32-20-9-22(31-10-19(20)28)35-11-16-5-6-17(12-35)38-16)8-18(21)23-24(26(34)36)37-13-27(29,30)25(33-23)14-2-3-14/h4,7-10,14,16-17,25,33H,2-3,5-6,11-13H2,1H3,(H,31,32)/t16-,17+,25?. The van der Waals surface area contributed by atoms with Crippen molar-refractivity contribution in [2.75, 3.05) is 35.2 Å². The smallest absolute Gasteiger partial charge is 0.301 e. The van der Waals surface area contributed by atoms with E-state index in [1.165, 1.54) is 10.8 Å². The number of alkyl halides is 2. The third kappa shape index (κ3) is 3.95. The molecule has 4 aliphatic rings. The van der Waals surface area contributed by atoms with Gasteiger partial charge in [-0.25, -0.2) is 18.2 Å². The summed E-state index contributed by atoms with van der Waals surface area (Å²) in [6.07, 6.45) is 4.97. The molecule has 11 heteroatoms. The van der Waals surface area contributed by atoms with Crippen LogP contribution in [0, 0.1) is 11.7 Å². The fraction of sp³-hybridized carbons (Fsp3) is 0.481. The molecule has 3 aliphatic heterocycles. The first-order valence-corrected chi connectivity index (χ1v) is 13.0. The maximum absolute atomic E-state index is 14.9. The summed E-state index contributed by atoms with van der Waals surface area (Å²) < 4.78 is 57.4. The fourth-order valence-corrected chi connectivity index (χ4v) is 5.94. The van der Waals surface area contributed by atoms with Gasteiger partial charge in [0, 0.05) is 37.3 Å². The summed E-state index contributed by atoms with van der Waals surface area (Å²) in [7, 11) is 1.58. The number of anilines is 4. The van der Waals surface area contributed by atoms with Gasteiger partial charge in [-0.05, 0) is 49.8 Å². The van der Waals surface area contributed by atoms with Crippen molar-refractivity contribution in [1.82, 2.24) is 9.55 Å². The van der Waals surface area contributed by atoms with Gasteiger partial charge in [0.05, 0.1) is 41.3 Å². The number of aryl methyl sites for hydroxylation is 1. The van der Waals surface area contributed by atoms with Gasteiger partial charge in [0.25, 0.3) is 5.56 Å². The van der Waals surface area contributed by atoms with Crippen LogP contribution >= 0.6 is 0 Å². The lowest BCUT2D eigenvalue weighted by molar-refractivity contribution is -0.0579. The summed E-state index contributed by atoms with van der Waals surface area (Å²) in [6.45, 7) is 0.563. The van der Waals surface area contributed by atoms with Crippen LogP contribution in [0.1, 0.15) is 25.7 Å². The largest absolute Gasteiger partial charge is 0.480 e. The molecule has 1 saturated carbocycles. The van der Waals surface area contributed by atoms with Crippen molar-refractivity contribution in [3.63, 3.8) is 0 Å². The van der Waals surface area contributed by atoms with Crippen molar-refractivity contribution >= 4 is 33.8 Å². The number of nitrogens with zero attached hydrogens (tertiary/aromatic N) is 3. The van der Waals surface area contributed by atoms with E-state index in [0.29, 0.717) is 48.3 Å². The number of hydrogen-bond donors (Lipinski definition) is 2. The lowest BCUT2D eigenvalue weighted by Crippen LogP contribution is -2.44. The molecule has 3 fully saturated rings. The molecule has 200 valence electrons. The van der Waals surface area contributed by atoms with Crippen LogP contribution in [-0.2, 0) is 11.8 Å². The number of nitrogens with one attached hydrogen (secondary N) is 2. The molecule has 8 nitrogen and oxygen atoms in total. The highest BCUT2D eigenvalue weighted by molar-refractivity contribution is 5.97. The molecule has 5 heterocycles. The molecule has 2 aromatic heterocycles. The van der Waals surface area contributed by atoms with Gasteiger partial charge in [0.15, 0.2) is 12.4 Å². The van der Waals surface area contributed by atoms with Gasteiger partial charge in [-0.2, -0.15) is 0 Å². The van der Waals surface area contributed by atoms with Crippen molar-refractivity contribution in [2.24, 2.45) is 13.0 Å². The third-order valence-corrected chi connectivity index (χ3v) is 8.10. The molecule has 2 N–H and O–H groups in total. The average molecular weight is 528 g/mol. The fourth-order valence-electron chi connectivity index (χ4n) is 5.94. The van der Waals surface area contributed by atoms with Gasteiger partial charge in [-0.3, -0.25) is 4.79 Å². The highest BCUT2D eigenvalue weighted by Gasteiger charge is 2.51. The second-order valence-corrected chi connectivity index (χ2v) is 10.8. The van der Waals surface area contributed by atoms with Gasteiger partial charge < -0.3 is 29.6 Å². The van der Waals surface area contributed by atoms with E-state index in [2.05, 4.69) is 20.5 Å².